The summed E-state index contributed by atoms with van der Waals surface area (Å²) in [6.07, 6.45) is 2.45. The highest BCUT2D eigenvalue weighted by Gasteiger charge is 2.11. The van der Waals surface area contributed by atoms with Crippen LogP contribution in [0.2, 0.25) is 5.02 Å². The molecule has 0 fully saturated rings. The molecule has 0 radical (unpaired) electrons. The monoisotopic (exact) mass is 311 g/mol. The fraction of sp³-hybridized carbons (Fsp3) is 0.562. The standard InChI is InChI=1S/C16H26ClN3O/c1-4-12(3)20(5-2)10-6-7-16(21)19-15-11-13(17)8-9-14(15)18/h8-9,11-12H,4-7,10,18H2,1-3H3,(H,19,21). The van der Waals surface area contributed by atoms with Crippen LogP contribution in [0.3, 0.4) is 0 Å². The van der Waals surface area contributed by atoms with Crippen molar-refractivity contribution < 1.29 is 4.79 Å². The second-order valence-electron chi connectivity index (χ2n) is 5.27. The van der Waals surface area contributed by atoms with Crippen molar-refractivity contribution in [3.05, 3.63) is 23.2 Å². The smallest absolute Gasteiger partial charge is 0.224 e. The van der Waals surface area contributed by atoms with Gasteiger partial charge in [0.05, 0.1) is 11.4 Å². The summed E-state index contributed by atoms with van der Waals surface area (Å²) in [5.41, 5.74) is 6.93. The normalized spacial score (nSPS) is 12.4. The Morgan fingerprint density at radius 2 is 2.14 bits per heavy atom. The Balaban J connectivity index is 2.42. The topological polar surface area (TPSA) is 58.4 Å². The first kappa shape index (κ1) is 17.8. The summed E-state index contributed by atoms with van der Waals surface area (Å²) in [5.74, 6) is -0.0239. The average molecular weight is 312 g/mol. The molecule has 0 aliphatic heterocycles. The third-order valence-electron chi connectivity index (χ3n) is 3.76. The predicted octanol–water partition coefficient (Wildman–Crippen LogP) is 3.76. The summed E-state index contributed by atoms with van der Waals surface area (Å²) >= 11 is 5.90. The first-order valence-electron chi connectivity index (χ1n) is 7.56. The molecule has 0 aromatic heterocycles. The molecule has 118 valence electrons. The van der Waals surface area contributed by atoms with Gasteiger partial charge in [-0.25, -0.2) is 0 Å². The summed E-state index contributed by atoms with van der Waals surface area (Å²) in [6.45, 7) is 8.50. The number of carbonyl (C=O) groups excluding carboxylic acids is 1. The average Bonchev–Trinajstić information content (AvgIpc) is 2.46. The number of hydrogen-bond donors (Lipinski definition) is 2. The summed E-state index contributed by atoms with van der Waals surface area (Å²) in [4.78, 5) is 14.3. The van der Waals surface area contributed by atoms with Gasteiger partial charge in [-0.1, -0.05) is 25.4 Å². The number of halogens is 1. The maximum atomic E-state index is 12.0. The lowest BCUT2D eigenvalue weighted by Gasteiger charge is -2.26. The van der Waals surface area contributed by atoms with Crippen molar-refractivity contribution in [1.29, 1.82) is 0 Å². The van der Waals surface area contributed by atoms with Crippen molar-refractivity contribution in [2.45, 2.75) is 46.1 Å². The van der Waals surface area contributed by atoms with Crippen LogP contribution in [0.15, 0.2) is 18.2 Å². The Labute approximate surface area is 132 Å². The van der Waals surface area contributed by atoms with Crippen LogP contribution in [0, 0.1) is 0 Å². The molecule has 0 saturated heterocycles. The van der Waals surface area contributed by atoms with Gasteiger partial charge < -0.3 is 16.0 Å². The van der Waals surface area contributed by atoms with Crippen molar-refractivity contribution >= 4 is 28.9 Å². The quantitative estimate of drug-likeness (QED) is 0.719. The maximum absolute atomic E-state index is 12.0. The van der Waals surface area contributed by atoms with Gasteiger partial charge in [-0.2, -0.15) is 0 Å². The Morgan fingerprint density at radius 1 is 1.43 bits per heavy atom. The zero-order chi connectivity index (χ0) is 15.8. The number of benzene rings is 1. The van der Waals surface area contributed by atoms with Crippen molar-refractivity contribution in [1.82, 2.24) is 4.90 Å². The van der Waals surface area contributed by atoms with Gasteiger partial charge in [0.2, 0.25) is 5.91 Å². The highest BCUT2D eigenvalue weighted by molar-refractivity contribution is 6.31. The molecule has 5 heteroatoms. The SMILES string of the molecule is CCC(C)N(CC)CCCC(=O)Nc1cc(Cl)ccc1N. The Hall–Kier alpha value is -1.26. The fourth-order valence-electron chi connectivity index (χ4n) is 2.24. The number of amides is 1. The summed E-state index contributed by atoms with van der Waals surface area (Å²) in [6, 6.07) is 5.63. The van der Waals surface area contributed by atoms with E-state index in [-0.39, 0.29) is 5.91 Å². The van der Waals surface area contributed by atoms with E-state index in [0.717, 1.165) is 25.9 Å². The van der Waals surface area contributed by atoms with Crippen LogP contribution in [0.1, 0.15) is 40.0 Å². The zero-order valence-corrected chi connectivity index (χ0v) is 13.9. The summed E-state index contributed by atoms with van der Waals surface area (Å²) in [7, 11) is 0. The van der Waals surface area contributed by atoms with E-state index in [9.17, 15) is 4.79 Å². The van der Waals surface area contributed by atoms with Crippen molar-refractivity contribution in [2.24, 2.45) is 0 Å². The van der Waals surface area contributed by atoms with Crippen LogP contribution < -0.4 is 11.1 Å². The second kappa shape index (κ2) is 8.90. The molecule has 1 rings (SSSR count). The molecule has 21 heavy (non-hydrogen) atoms. The number of nitrogen functional groups attached to an aromatic ring is 1. The number of nitrogens with one attached hydrogen (secondary N) is 1. The van der Waals surface area contributed by atoms with Gasteiger partial charge in [0, 0.05) is 17.5 Å². The van der Waals surface area contributed by atoms with Crippen LogP contribution in [-0.4, -0.2) is 29.9 Å². The van der Waals surface area contributed by atoms with Crippen LogP contribution in [0.4, 0.5) is 11.4 Å². The van der Waals surface area contributed by atoms with Crippen LogP contribution in [-0.2, 0) is 4.79 Å². The van der Waals surface area contributed by atoms with Crippen LogP contribution in [0.5, 0.6) is 0 Å². The number of nitrogens with zero attached hydrogens (tertiary/aromatic N) is 1. The van der Waals surface area contributed by atoms with E-state index in [1.165, 1.54) is 0 Å². The zero-order valence-electron chi connectivity index (χ0n) is 13.2. The minimum Gasteiger partial charge on any atom is -0.397 e. The molecule has 1 aromatic carbocycles. The second-order valence-corrected chi connectivity index (χ2v) is 5.71. The van der Waals surface area contributed by atoms with Gasteiger partial charge in [-0.15, -0.1) is 0 Å². The highest BCUT2D eigenvalue weighted by Crippen LogP contribution is 2.23. The molecule has 0 aliphatic carbocycles. The minimum absolute atomic E-state index is 0.0239. The number of carbonyl (C=O) groups is 1. The summed E-state index contributed by atoms with van der Waals surface area (Å²) in [5, 5.41) is 3.38. The third kappa shape index (κ3) is 5.94. The van der Waals surface area contributed by atoms with Gasteiger partial charge in [0.1, 0.15) is 0 Å². The van der Waals surface area contributed by atoms with E-state index >= 15 is 0 Å². The molecule has 1 aromatic rings. The van der Waals surface area contributed by atoms with Crippen molar-refractivity contribution in [3.8, 4) is 0 Å². The number of nitrogens with two attached hydrogens (primary N) is 1. The first-order valence-corrected chi connectivity index (χ1v) is 7.94. The number of hydrogen-bond acceptors (Lipinski definition) is 3. The lowest BCUT2D eigenvalue weighted by atomic mass is 10.2. The molecule has 1 unspecified atom stereocenters. The molecule has 0 bridgehead atoms. The molecular weight excluding hydrogens is 286 g/mol. The van der Waals surface area contributed by atoms with E-state index in [0.29, 0.717) is 28.9 Å². The Bertz CT molecular complexity index is 465. The predicted molar refractivity (Wildman–Crippen MR) is 90.7 cm³/mol. The Kier molecular flexibility index (Phi) is 7.54. The molecule has 4 nitrogen and oxygen atoms in total. The van der Waals surface area contributed by atoms with E-state index < -0.39 is 0 Å². The third-order valence-corrected chi connectivity index (χ3v) is 3.99. The van der Waals surface area contributed by atoms with Crippen molar-refractivity contribution in [3.63, 3.8) is 0 Å². The van der Waals surface area contributed by atoms with Crippen LogP contribution >= 0.6 is 11.6 Å². The molecule has 0 saturated carbocycles. The molecule has 0 aliphatic rings. The lowest BCUT2D eigenvalue weighted by molar-refractivity contribution is -0.116. The van der Waals surface area contributed by atoms with E-state index in [2.05, 4.69) is 31.0 Å². The highest BCUT2D eigenvalue weighted by atomic mass is 35.5. The largest absolute Gasteiger partial charge is 0.397 e. The van der Waals surface area contributed by atoms with Crippen LogP contribution in [0.25, 0.3) is 0 Å². The molecule has 1 amide bonds. The van der Waals surface area contributed by atoms with E-state index in [1.54, 1.807) is 18.2 Å². The summed E-state index contributed by atoms with van der Waals surface area (Å²) < 4.78 is 0. The maximum Gasteiger partial charge on any atom is 0.224 e. The van der Waals surface area contributed by atoms with E-state index in [4.69, 9.17) is 17.3 Å². The minimum atomic E-state index is -0.0239. The van der Waals surface area contributed by atoms with Gasteiger partial charge in [-0.3, -0.25) is 4.79 Å². The molecule has 1 atom stereocenters. The molecule has 3 N–H and O–H groups in total. The first-order chi connectivity index (χ1) is 9.97. The van der Waals surface area contributed by atoms with Crippen molar-refractivity contribution in [2.75, 3.05) is 24.1 Å². The number of anilines is 2. The molecular formula is C16H26ClN3O. The van der Waals surface area contributed by atoms with Gasteiger partial charge in [-0.05, 0) is 51.1 Å². The lowest BCUT2D eigenvalue weighted by Crippen LogP contribution is -2.33. The number of rotatable bonds is 8. The fourth-order valence-corrected chi connectivity index (χ4v) is 2.41. The van der Waals surface area contributed by atoms with Gasteiger partial charge in [0.15, 0.2) is 0 Å². The molecule has 0 spiro atoms. The van der Waals surface area contributed by atoms with Gasteiger partial charge >= 0.3 is 0 Å². The van der Waals surface area contributed by atoms with E-state index in [1.807, 2.05) is 0 Å². The Morgan fingerprint density at radius 3 is 2.76 bits per heavy atom. The molecule has 0 heterocycles. The van der Waals surface area contributed by atoms with Gasteiger partial charge in [0.25, 0.3) is 0 Å².